The molecule has 4 rings (SSSR count). The number of halogens is 1. The van der Waals surface area contributed by atoms with Crippen LogP contribution in [0.3, 0.4) is 0 Å². The molecule has 0 saturated carbocycles. The Labute approximate surface area is 189 Å². The fraction of sp³-hybridized carbons (Fsp3) is 0.304. The molecule has 1 saturated heterocycles. The summed E-state index contributed by atoms with van der Waals surface area (Å²) in [6, 6.07) is 11.2. The Balaban J connectivity index is 1.53. The molecule has 2 heterocycles. The molecule has 2 aliphatic rings. The Morgan fingerprint density at radius 1 is 1.09 bits per heavy atom. The lowest BCUT2D eigenvalue weighted by molar-refractivity contribution is -0.123. The van der Waals surface area contributed by atoms with Crippen molar-refractivity contribution in [3.8, 4) is 5.75 Å². The molecular weight excluding hydrogens is 434 g/mol. The third-order valence-electron chi connectivity index (χ3n) is 5.73. The summed E-state index contributed by atoms with van der Waals surface area (Å²) in [6.07, 6.45) is 1.38. The van der Waals surface area contributed by atoms with Crippen molar-refractivity contribution in [2.24, 2.45) is 11.7 Å². The summed E-state index contributed by atoms with van der Waals surface area (Å²) in [5, 5.41) is 0.516. The van der Waals surface area contributed by atoms with Gasteiger partial charge in [0, 0.05) is 29.2 Å². The predicted octanol–water partition coefficient (Wildman–Crippen LogP) is 2.29. The van der Waals surface area contributed by atoms with Crippen LogP contribution >= 0.6 is 11.6 Å². The maximum atomic E-state index is 13.0. The summed E-state index contributed by atoms with van der Waals surface area (Å²) in [4.78, 5) is 52.6. The number of amides is 3. The minimum absolute atomic E-state index is 0.156. The number of likely N-dealkylation sites (tertiary alicyclic amines) is 1. The Morgan fingerprint density at radius 2 is 1.81 bits per heavy atom. The summed E-state index contributed by atoms with van der Waals surface area (Å²) in [6.45, 7) is 0.440. The van der Waals surface area contributed by atoms with Gasteiger partial charge < -0.3 is 15.4 Å². The first-order chi connectivity index (χ1) is 15.3. The number of benzene rings is 2. The summed E-state index contributed by atoms with van der Waals surface area (Å²) in [5.74, 6) is -1.23. The highest BCUT2D eigenvalue weighted by Crippen LogP contribution is 2.34. The highest BCUT2D eigenvalue weighted by Gasteiger charge is 2.31. The minimum Gasteiger partial charge on any atom is -0.482 e. The Bertz CT molecular complexity index is 1090. The molecule has 166 valence electrons. The second-order valence-electron chi connectivity index (χ2n) is 7.87. The van der Waals surface area contributed by atoms with Crippen LogP contribution in [0, 0.1) is 5.92 Å². The summed E-state index contributed by atoms with van der Waals surface area (Å²) in [7, 11) is 0. The lowest BCUT2D eigenvalue weighted by atomic mass is 9.97. The van der Waals surface area contributed by atoms with Crippen molar-refractivity contribution in [3.05, 3.63) is 58.6 Å². The number of primary amides is 1. The second kappa shape index (κ2) is 9.00. The van der Waals surface area contributed by atoms with E-state index in [-0.39, 0.29) is 43.2 Å². The molecule has 32 heavy (non-hydrogen) atoms. The number of anilines is 1. The minimum atomic E-state index is -0.407. The highest BCUT2D eigenvalue weighted by atomic mass is 35.5. The van der Waals surface area contributed by atoms with E-state index in [0.29, 0.717) is 47.0 Å². The number of piperidine rings is 1. The monoisotopic (exact) mass is 455 g/mol. The van der Waals surface area contributed by atoms with Crippen LogP contribution in [0.5, 0.6) is 5.75 Å². The molecule has 1 fully saturated rings. The van der Waals surface area contributed by atoms with Gasteiger partial charge in [0.2, 0.25) is 5.91 Å². The van der Waals surface area contributed by atoms with Crippen LogP contribution in [0.2, 0.25) is 5.02 Å². The topological polar surface area (TPSA) is 110 Å². The number of rotatable bonds is 5. The van der Waals surface area contributed by atoms with E-state index in [0.717, 1.165) is 0 Å². The number of carbonyl (C=O) groups is 4. The van der Waals surface area contributed by atoms with Crippen molar-refractivity contribution in [3.63, 3.8) is 0 Å². The van der Waals surface area contributed by atoms with Crippen LogP contribution < -0.4 is 15.4 Å². The van der Waals surface area contributed by atoms with Crippen LogP contribution in [0.4, 0.5) is 5.69 Å². The average Bonchev–Trinajstić information content (AvgIpc) is 2.80. The van der Waals surface area contributed by atoms with E-state index in [1.165, 1.54) is 4.90 Å². The van der Waals surface area contributed by atoms with E-state index in [1.807, 2.05) is 0 Å². The Morgan fingerprint density at radius 3 is 2.53 bits per heavy atom. The first-order valence-electron chi connectivity index (χ1n) is 10.3. The van der Waals surface area contributed by atoms with Crippen molar-refractivity contribution in [2.75, 3.05) is 31.1 Å². The van der Waals surface area contributed by atoms with Gasteiger partial charge in [-0.2, -0.15) is 0 Å². The maximum absolute atomic E-state index is 13.0. The molecule has 1 unspecified atom stereocenters. The van der Waals surface area contributed by atoms with Crippen LogP contribution in [-0.2, 0) is 9.59 Å². The molecule has 9 heteroatoms. The predicted molar refractivity (Wildman–Crippen MR) is 118 cm³/mol. The zero-order chi connectivity index (χ0) is 22.8. The van der Waals surface area contributed by atoms with E-state index >= 15 is 0 Å². The molecule has 0 aromatic heterocycles. The second-order valence-corrected chi connectivity index (χ2v) is 8.31. The molecule has 0 spiro atoms. The first kappa shape index (κ1) is 21.8. The SMILES string of the molecule is NC(=O)C1CCCN(C(=O)c2ccc3c(c2)OCC(=O)N3CC(=O)c2ccc(Cl)cc2)C1. The Hall–Kier alpha value is -3.39. The lowest BCUT2D eigenvalue weighted by Gasteiger charge is -2.32. The molecule has 3 amide bonds. The molecule has 2 aromatic carbocycles. The summed E-state index contributed by atoms with van der Waals surface area (Å²) < 4.78 is 5.54. The normalized spacial score (nSPS) is 18.0. The molecule has 8 nitrogen and oxygen atoms in total. The van der Waals surface area contributed by atoms with E-state index in [1.54, 1.807) is 47.4 Å². The summed E-state index contributed by atoms with van der Waals surface area (Å²) >= 11 is 5.87. The number of ether oxygens (including phenoxy) is 1. The number of Topliss-reactive ketones (excluding diaryl/α,β-unsaturated/α-hetero) is 1. The molecule has 0 bridgehead atoms. The number of carbonyl (C=O) groups excluding carboxylic acids is 4. The first-order valence-corrected chi connectivity index (χ1v) is 10.7. The lowest BCUT2D eigenvalue weighted by Crippen LogP contribution is -2.44. The van der Waals surface area contributed by atoms with Gasteiger partial charge in [-0.3, -0.25) is 24.1 Å². The van der Waals surface area contributed by atoms with Crippen LogP contribution in [0.1, 0.15) is 33.6 Å². The molecule has 1 atom stereocenters. The van der Waals surface area contributed by atoms with E-state index in [2.05, 4.69) is 0 Å². The number of nitrogens with two attached hydrogens (primary N) is 1. The standard InChI is InChI=1S/C23H22ClN3O5/c24-17-6-3-14(4-7-17)19(28)12-27-18-8-5-15(10-20(18)32-13-21(27)29)23(31)26-9-1-2-16(11-26)22(25)30/h3-8,10,16H,1-2,9,11-13H2,(H2,25,30). The van der Waals surface area contributed by atoms with Gasteiger partial charge >= 0.3 is 0 Å². The van der Waals surface area contributed by atoms with Crippen LogP contribution in [0.25, 0.3) is 0 Å². The number of hydrogen-bond donors (Lipinski definition) is 1. The maximum Gasteiger partial charge on any atom is 0.265 e. The number of nitrogens with zero attached hydrogens (tertiary/aromatic N) is 2. The molecular formula is C23H22ClN3O5. The summed E-state index contributed by atoms with van der Waals surface area (Å²) in [5.41, 5.74) is 6.66. The van der Waals surface area contributed by atoms with Crippen LogP contribution in [-0.4, -0.2) is 54.6 Å². The van der Waals surface area contributed by atoms with Gasteiger partial charge in [0.05, 0.1) is 18.2 Å². The molecule has 0 radical (unpaired) electrons. The van der Waals surface area contributed by atoms with Crippen molar-refractivity contribution >= 4 is 40.8 Å². The fourth-order valence-corrected chi connectivity index (χ4v) is 4.08. The molecule has 2 aromatic rings. The third-order valence-corrected chi connectivity index (χ3v) is 5.98. The number of ketones is 1. The van der Waals surface area contributed by atoms with E-state index < -0.39 is 5.91 Å². The van der Waals surface area contributed by atoms with Crippen molar-refractivity contribution in [2.45, 2.75) is 12.8 Å². The fourth-order valence-electron chi connectivity index (χ4n) is 3.96. The zero-order valence-corrected chi connectivity index (χ0v) is 18.0. The average molecular weight is 456 g/mol. The van der Waals surface area contributed by atoms with Gasteiger partial charge in [0.25, 0.3) is 11.8 Å². The van der Waals surface area contributed by atoms with Gasteiger partial charge in [-0.25, -0.2) is 0 Å². The quantitative estimate of drug-likeness (QED) is 0.695. The Kier molecular flexibility index (Phi) is 6.14. The number of fused-ring (bicyclic) bond motifs is 1. The molecule has 2 N–H and O–H groups in total. The van der Waals surface area contributed by atoms with E-state index in [4.69, 9.17) is 22.1 Å². The van der Waals surface area contributed by atoms with Crippen LogP contribution in [0.15, 0.2) is 42.5 Å². The smallest absolute Gasteiger partial charge is 0.265 e. The van der Waals surface area contributed by atoms with E-state index in [9.17, 15) is 19.2 Å². The molecule has 0 aliphatic carbocycles. The number of hydrogen-bond acceptors (Lipinski definition) is 5. The van der Waals surface area contributed by atoms with Gasteiger partial charge in [0.1, 0.15) is 5.75 Å². The molecule has 2 aliphatic heterocycles. The third kappa shape index (κ3) is 4.45. The van der Waals surface area contributed by atoms with Crippen molar-refractivity contribution in [1.82, 2.24) is 4.90 Å². The highest BCUT2D eigenvalue weighted by molar-refractivity contribution is 6.30. The van der Waals surface area contributed by atoms with Gasteiger partial charge in [-0.1, -0.05) is 11.6 Å². The zero-order valence-electron chi connectivity index (χ0n) is 17.3. The van der Waals surface area contributed by atoms with Gasteiger partial charge in [-0.05, 0) is 55.3 Å². The largest absolute Gasteiger partial charge is 0.482 e. The van der Waals surface area contributed by atoms with Crippen molar-refractivity contribution < 1.29 is 23.9 Å². The van der Waals surface area contributed by atoms with Crippen molar-refractivity contribution in [1.29, 1.82) is 0 Å². The van der Waals surface area contributed by atoms with Gasteiger partial charge in [0.15, 0.2) is 12.4 Å². The van der Waals surface area contributed by atoms with Gasteiger partial charge in [-0.15, -0.1) is 0 Å².